The van der Waals surface area contributed by atoms with Crippen LogP contribution in [-0.4, -0.2) is 114 Å². The van der Waals surface area contributed by atoms with Gasteiger partial charge in [0.1, 0.15) is 0 Å². The highest BCUT2D eigenvalue weighted by Crippen LogP contribution is 2.28. The predicted molar refractivity (Wildman–Crippen MR) is 310 cm³/mol. The fraction of sp³-hybridized carbons (Fsp3) is 0.435. The summed E-state index contributed by atoms with van der Waals surface area (Å²) in [7, 11) is 9.16. The third-order valence-electron chi connectivity index (χ3n) is 7.11. The minimum absolute atomic E-state index is 0.130. The van der Waals surface area contributed by atoms with E-state index in [1.807, 2.05) is 91.0 Å². The van der Waals surface area contributed by atoms with Crippen LogP contribution in [0.2, 0.25) is 0 Å². The number of aliphatic carboxylic acids is 2. The zero-order valence-corrected chi connectivity index (χ0v) is 49.0. The summed E-state index contributed by atoms with van der Waals surface area (Å²) in [4.78, 5) is 86.1. The third-order valence-corrected chi connectivity index (χ3v) is 17.3. The molecule has 0 spiro atoms. The van der Waals surface area contributed by atoms with E-state index in [4.69, 9.17) is 42.9 Å². The quantitative estimate of drug-likeness (QED) is 0.0191. The zero-order valence-electron chi connectivity index (χ0n) is 38.5. The predicted octanol–water partition coefficient (Wildman–Crippen LogP) is 13.9. The van der Waals surface area contributed by atoms with Crippen molar-refractivity contribution in [1.29, 1.82) is 0 Å². The van der Waals surface area contributed by atoms with Crippen LogP contribution in [-0.2, 0) is 47.8 Å². The number of hydrogen-bond acceptors (Lipinski definition) is 19. The maximum atomic E-state index is 11.8. The van der Waals surface area contributed by atoms with Crippen molar-refractivity contribution in [3.05, 3.63) is 91.0 Å². The lowest BCUT2D eigenvalue weighted by atomic mass is 10.4. The molecule has 2 aliphatic heterocycles. The number of carbonyl (C=O) groups is 8. The summed E-state index contributed by atoms with van der Waals surface area (Å²) in [5, 5.41) is 13.9. The van der Waals surface area contributed by atoms with E-state index in [2.05, 4.69) is 35.8 Å². The Kier molecular flexibility index (Phi) is 54.4. The number of ether oxygens (including phenoxy) is 2. The molecule has 0 saturated carbocycles. The van der Waals surface area contributed by atoms with Crippen molar-refractivity contribution in [2.75, 3.05) is 60.9 Å². The molecule has 0 aliphatic carbocycles. The lowest BCUT2D eigenvalue weighted by molar-refractivity contribution is -0.137. The van der Waals surface area contributed by atoms with E-state index in [9.17, 15) is 38.4 Å². The summed E-state index contributed by atoms with van der Waals surface area (Å²) in [5.41, 5.74) is 0. The first-order chi connectivity index (χ1) is 34.0. The Balaban J connectivity index is 0. The molecule has 5 rings (SSSR count). The Morgan fingerprint density at radius 1 is 0.423 bits per heavy atom. The van der Waals surface area contributed by atoms with Gasteiger partial charge in [0.2, 0.25) is 10.5 Å². The Bertz CT molecular complexity index is 1710. The highest BCUT2D eigenvalue weighted by molar-refractivity contribution is 8.77. The maximum Gasteiger partial charge on any atom is 0.304 e. The van der Waals surface area contributed by atoms with E-state index in [1.165, 1.54) is 92.4 Å². The normalized spacial score (nSPS) is 11.7. The smallest absolute Gasteiger partial charge is 0.304 e. The molecule has 0 atom stereocenters. The molecule has 12 nitrogen and oxygen atoms in total. The highest BCUT2D eigenvalue weighted by Gasteiger charge is 2.07. The Labute approximate surface area is 474 Å². The summed E-state index contributed by atoms with van der Waals surface area (Å²) in [6.45, 7) is 4.00. The van der Waals surface area contributed by atoms with Gasteiger partial charge in [0, 0.05) is 101 Å². The standard InChI is InChI=1S/C18H18O2S4.C6H8Cl2O2S2.C6H10O4S2.C6H6S.2C4H8O.C2Cl2O2/c19-17(23-15-7-3-1-4-8-15)11-13-21-22-14-12-18(20)24-16-9-5-2-6-10-16;7-5(9)1-3-11-12-4-2-6(8)10;7-5(8)1-3-11-12-4-2-6(9)10;7-6-4-2-1-3-5-6;2*1-2-4-5-3-1;3-1(5)2(4)6/h1-10H,11-14H2;1-4H2;1-4H2,(H,7,8)(H,9,10);1-5,7H;2*1-4H2;. The van der Waals surface area contributed by atoms with Gasteiger partial charge in [-0.25, -0.2) is 0 Å². The molecule has 2 N–H and O–H groups in total. The molecule has 396 valence electrons. The summed E-state index contributed by atoms with van der Waals surface area (Å²) in [6, 6.07) is 29.2. The van der Waals surface area contributed by atoms with Gasteiger partial charge in [0.05, 0.1) is 12.8 Å². The summed E-state index contributed by atoms with van der Waals surface area (Å²) in [5.74, 6) is 2.35. The maximum absolute atomic E-state index is 11.8. The largest absolute Gasteiger partial charge is 0.481 e. The lowest BCUT2D eigenvalue weighted by Crippen LogP contribution is -1.96. The van der Waals surface area contributed by atoms with Crippen molar-refractivity contribution in [3.8, 4) is 0 Å². The first-order valence-electron chi connectivity index (χ1n) is 21.4. The zero-order chi connectivity index (χ0) is 53.2. The number of carbonyl (C=O) groups excluding carboxylic acids is 6. The molecule has 2 heterocycles. The molecule has 25 heteroatoms. The van der Waals surface area contributed by atoms with Gasteiger partial charge in [-0.15, -0.1) is 12.6 Å². The Hall–Kier alpha value is -1.15. The molecule has 3 aromatic carbocycles. The SMILES string of the molecule is C1CCOC1.C1CCOC1.O=C(CCSSCCC(=O)Sc1ccccc1)Sc1ccccc1.O=C(Cl)C(=O)Cl.O=C(Cl)CCSSCCC(=O)Cl.O=C(O)CCSSCCC(=O)O.Sc1ccccc1. The van der Waals surface area contributed by atoms with E-state index < -0.39 is 22.4 Å². The second-order valence-corrected chi connectivity index (χ2v) is 25.4. The molecule has 0 amide bonds. The third kappa shape index (κ3) is 59.6. The van der Waals surface area contributed by atoms with Crippen molar-refractivity contribution in [1.82, 2.24) is 0 Å². The van der Waals surface area contributed by atoms with Crippen LogP contribution in [0.3, 0.4) is 0 Å². The van der Waals surface area contributed by atoms with E-state index in [0.717, 1.165) is 52.6 Å². The topological polar surface area (TPSA) is 195 Å². The fourth-order valence-electron chi connectivity index (χ4n) is 3.90. The molecular formula is C46H58Cl4O12S9. The Morgan fingerprint density at radius 3 is 0.901 bits per heavy atom. The molecule has 71 heavy (non-hydrogen) atoms. The van der Waals surface area contributed by atoms with E-state index in [-0.39, 0.29) is 33.6 Å². The van der Waals surface area contributed by atoms with Gasteiger partial charge in [-0.1, -0.05) is 143 Å². The fourth-order valence-corrected chi connectivity index (χ4v) is 12.2. The van der Waals surface area contributed by atoms with Crippen LogP contribution in [0, 0.1) is 0 Å². The molecule has 0 aromatic heterocycles. The highest BCUT2D eigenvalue weighted by atomic mass is 35.5. The minimum atomic E-state index is -1.14. The van der Waals surface area contributed by atoms with Crippen LogP contribution in [0.15, 0.2) is 106 Å². The van der Waals surface area contributed by atoms with Crippen molar-refractivity contribution < 1.29 is 58.0 Å². The number of hydrogen-bond donors (Lipinski definition) is 3. The van der Waals surface area contributed by atoms with Crippen LogP contribution in [0.25, 0.3) is 0 Å². The first-order valence-corrected chi connectivity index (χ1v) is 32.4. The average Bonchev–Trinajstić information content (AvgIpc) is 4.13. The van der Waals surface area contributed by atoms with Gasteiger partial charge in [-0.2, -0.15) is 0 Å². The number of carboxylic acid groups (broad SMARTS) is 2. The molecule has 0 unspecified atom stereocenters. The minimum Gasteiger partial charge on any atom is -0.481 e. The van der Waals surface area contributed by atoms with Crippen LogP contribution in [0.1, 0.15) is 64.2 Å². The summed E-state index contributed by atoms with van der Waals surface area (Å²) >= 11 is 25.9. The number of rotatable bonds is 24. The lowest BCUT2D eigenvalue weighted by Gasteiger charge is -2.02. The van der Waals surface area contributed by atoms with Crippen molar-refractivity contribution in [2.45, 2.75) is 78.9 Å². The molecule has 0 bridgehead atoms. The molecule has 2 fully saturated rings. The number of halogens is 4. The summed E-state index contributed by atoms with van der Waals surface area (Å²) < 4.78 is 9.89. The number of benzene rings is 3. The van der Waals surface area contributed by atoms with Crippen molar-refractivity contribution >= 4 is 190 Å². The van der Waals surface area contributed by atoms with E-state index in [0.29, 0.717) is 48.7 Å². The van der Waals surface area contributed by atoms with Crippen LogP contribution < -0.4 is 0 Å². The molecule has 2 saturated heterocycles. The van der Waals surface area contributed by atoms with Crippen molar-refractivity contribution in [3.63, 3.8) is 0 Å². The van der Waals surface area contributed by atoms with Gasteiger partial charge >= 0.3 is 22.4 Å². The van der Waals surface area contributed by atoms with Gasteiger partial charge in [-0.05, 0) is 108 Å². The second kappa shape index (κ2) is 53.7. The van der Waals surface area contributed by atoms with Gasteiger partial charge in [-0.3, -0.25) is 38.4 Å². The molecule has 0 radical (unpaired) electrons. The first kappa shape index (κ1) is 71.9. The van der Waals surface area contributed by atoms with E-state index in [1.54, 1.807) is 21.6 Å². The number of carboxylic acids is 2. The van der Waals surface area contributed by atoms with Crippen LogP contribution >= 0.6 is 147 Å². The van der Waals surface area contributed by atoms with Gasteiger partial charge < -0.3 is 19.7 Å². The van der Waals surface area contributed by atoms with Gasteiger partial charge in [0.15, 0.2) is 10.2 Å². The summed E-state index contributed by atoms with van der Waals surface area (Å²) in [6.07, 6.45) is 7.20. The van der Waals surface area contributed by atoms with E-state index >= 15 is 0 Å². The molecule has 3 aromatic rings. The molecular weight excluding hydrogens is 1170 g/mol. The monoisotopic (exact) mass is 1230 g/mol. The van der Waals surface area contributed by atoms with Gasteiger partial charge in [0.25, 0.3) is 0 Å². The number of thioether (sulfide) groups is 2. The average molecular weight is 1230 g/mol. The molecule has 2 aliphatic rings. The van der Waals surface area contributed by atoms with Crippen LogP contribution in [0.5, 0.6) is 0 Å². The second-order valence-electron chi connectivity index (χ2n) is 13.0. The van der Waals surface area contributed by atoms with Crippen LogP contribution in [0.4, 0.5) is 0 Å². The Morgan fingerprint density at radius 2 is 0.690 bits per heavy atom. The van der Waals surface area contributed by atoms with Crippen molar-refractivity contribution in [2.24, 2.45) is 0 Å². The number of thiol groups is 1.